The second-order valence-corrected chi connectivity index (χ2v) is 10.8. The Balaban J connectivity index is 1.22. The van der Waals surface area contributed by atoms with Crippen molar-refractivity contribution in [3.05, 3.63) is 98.4 Å². The minimum Gasteiger partial charge on any atom is -0.367 e. The minimum atomic E-state index is -0.361. The van der Waals surface area contributed by atoms with Crippen LogP contribution in [0.1, 0.15) is 20.1 Å². The zero-order chi connectivity index (χ0) is 24.8. The molecule has 6 rings (SSSR count). The quantitative estimate of drug-likeness (QED) is 0.257. The third kappa shape index (κ3) is 4.20. The number of imidazole rings is 1. The van der Waals surface area contributed by atoms with Crippen molar-refractivity contribution in [2.45, 2.75) is 13.0 Å². The van der Waals surface area contributed by atoms with Crippen LogP contribution in [-0.2, 0) is 20.0 Å². The number of rotatable bonds is 4. The number of fused-ring (bicyclic) bond motifs is 2. The van der Waals surface area contributed by atoms with Crippen molar-refractivity contribution in [1.82, 2.24) is 9.55 Å². The van der Waals surface area contributed by atoms with Crippen molar-refractivity contribution >= 4 is 55.6 Å². The third-order valence-electron chi connectivity index (χ3n) is 6.52. The summed E-state index contributed by atoms with van der Waals surface area (Å²) in [6, 6.07) is 23.1. The molecular weight excluding hydrogens is 539 g/mol. The van der Waals surface area contributed by atoms with Crippen LogP contribution in [-0.4, -0.2) is 22.0 Å². The molecule has 0 radical (unpaired) electrons. The Morgan fingerprint density at radius 2 is 1.94 bits per heavy atom. The number of amides is 1. The molecule has 0 saturated heterocycles. The van der Waals surface area contributed by atoms with E-state index in [1.54, 1.807) is 12.1 Å². The number of nitrogens with one attached hydrogen (secondary N) is 1. The number of hydrogen-bond acceptors (Lipinski definition) is 4. The molecule has 5 nitrogen and oxygen atoms in total. The highest BCUT2D eigenvalue weighted by molar-refractivity contribution is 9.10. The first kappa shape index (κ1) is 22.9. The molecule has 1 aliphatic heterocycles. The van der Waals surface area contributed by atoms with Crippen LogP contribution in [0.25, 0.3) is 22.4 Å². The number of aryl methyl sites for hydroxylation is 1. The van der Waals surface area contributed by atoms with Crippen LogP contribution in [0, 0.1) is 5.82 Å². The van der Waals surface area contributed by atoms with Gasteiger partial charge in [-0.25, -0.2) is 9.37 Å². The summed E-state index contributed by atoms with van der Waals surface area (Å²) >= 11 is 4.70. The summed E-state index contributed by atoms with van der Waals surface area (Å²) in [7, 11) is 2.05. The lowest BCUT2D eigenvalue weighted by atomic mass is 10.1. The van der Waals surface area contributed by atoms with E-state index in [9.17, 15) is 9.18 Å². The Bertz CT molecular complexity index is 1630. The van der Waals surface area contributed by atoms with Gasteiger partial charge in [0.2, 0.25) is 0 Å². The predicted molar refractivity (Wildman–Crippen MR) is 147 cm³/mol. The molecule has 0 saturated carbocycles. The topological polar surface area (TPSA) is 50.2 Å². The molecule has 2 aromatic heterocycles. The maximum absolute atomic E-state index is 13.5. The Kier molecular flexibility index (Phi) is 5.85. The SMILES string of the molecule is Cn1c(-c2cccc(N3CCc4sc(C(=O)Nc5ccc(F)c(Br)c5)cc4C3)c2)nc2ccccc21. The van der Waals surface area contributed by atoms with Gasteiger partial charge in [0.15, 0.2) is 0 Å². The molecular formula is C28H22BrFN4OS. The molecule has 3 aromatic carbocycles. The fourth-order valence-electron chi connectivity index (χ4n) is 4.68. The number of halogens is 2. The first-order valence-corrected chi connectivity index (χ1v) is 13.2. The van der Waals surface area contributed by atoms with Gasteiger partial charge < -0.3 is 14.8 Å². The fourth-order valence-corrected chi connectivity index (χ4v) is 6.11. The molecule has 1 aliphatic rings. The van der Waals surface area contributed by atoms with E-state index in [0.29, 0.717) is 15.0 Å². The van der Waals surface area contributed by atoms with Gasteiger partial charge in [0.05, 0.1) is 20.4 Å². The van der Waals surface area contributed by atoms with Gasteiger partial charge in [0.25, 0.3) is 5.91 Å². The summed E-state index contributed by atoms with van der Waals surface area (Å²) in [6.45, 7) is 1.62. The average Bonchev–Trinajstić information content (AvgIpc) is 3.47. The van der Waals surface area contributed by atoms with E-state index >= 15 is 0 Å². The molecule has 36 heavy (non-hydrogen) atoms. The molecule has 0 fully saturated rings. The van der Waals surface area contributed by atoms with E-state index in [4.69, 9.17) is 4.98 Å². The monoisotopic (exact) mass is 560 g/mol. The van der Waals surface area contributed by atoms with Gasteiger partial charge >= 0.3 is 0 Å². The Morgan fingerprint density at radius 3 is 2.78 bits per heavy atom. The van der Waals surface area contributed by atoms with E-state index in [1.807, 2.05) is 31.3 Å². The number of carbonyl (C=O) groups excluding carboxylic acids is 1. The minimum absolute atomic E-state index is 0.177. The number of para-hydroxylation sites is 2. The highest BCUT2D eigenvalue weighted by Gasteiger charge is 2.22. The van der Waals surface area contributed by atoms with Gasteiger partial charge in [-0.15, -0.1) is 11.3 Å². The molecule has 0 aliphatic carbocycles. The fraction of sp³-hybridized carbons (Fsp3) is 0.143. The molecule has 1 N–H and O–H groups in total. The normalized spacial score (nSPS) is 13.1. The number of nitrogens with zero attached hydrogens (tertiary/aromatic N) is 3. The lowest BCUT2D eigenvalue weighted by Gasteiger charge is -2.29. The standard InChI is InChI=1S/C28H22BrFN4OS/c1-33-24-8-3-2-7-23(24)32-27(33)17-5-4-6-20(13-17)34-12-11-25-18(16-34)14-26(36-25)28(35)31-19-9-10-22(30)21(29)15-19/h2-10,13-15H,11-12,16H2,1H3,(H,31,35). The maximum atomic E-state index is 13.5. The van der Waals surface area contributed by atoms with Crippen molar-refractivity contribution in [3.63, 3.8) is 0 Å². The second kappa shape index (κ2) is 9.19. The summed E-state index contributed by atoms with van der Waals surface area (Å²) in [5.74, 6) is 0.404. The molecule has 0 spiro atoms. The van der Waals surface area contributed by atoms with E-state index < -0.39 is 0 Å². The number of anilines is 2. The predicted octanol–water partition coefficient (Wildman–Crippen LogP) is 7.02. The van der Waals surface area contributed by atoms with Crippen LogP contribution in [0.4, 0.5) is 15.8 Å². The van der Waals surface area contributed by atoms with Gasteiger partial charge in [-0.2, -0.15) is 0 Å². The highest BCUT2D eigenvalue weighted by atomic mass is 79.9. The number of thiophene rings is 1. The third-order valence-corrected chi connectivity index (χ3v) is 8.37. The van der Waals surface area contributed by atoms with Crippen LogP contribution in [0.5, 0.6) is 0 Å². The largest absolute Gasteiger partial charge is 0.367 e. The summed E-state index contributed by atoms with van der Waals surface area (Å²) in [5, 5.41) is 2.87. The zero-order valence-corrected chi connectivity index (χ0v) is 21.9. The number of benzene rings is 3. The molecule has 5 aromatic rings. The summed E-state index contributed by atoms with van der Waals surface area (Å²) < 4.78 is 16.0. The molecule has 3 heterocycles. The molecule has 8 heteroatoms. The Morgan fingerprint density at radius 1 is 1.08 bits per heavy atom. The van der Waals surface area contributed by atoms with Crippen LogP contribution >= 0.6 is 27.3 Å². The first-order valence-electron chi connectivity index (χ1n) is 11.6. The maximum Gasteiger partial charge on any atom is 0.265 e. The van der Waals surface area contributed by atoms with Crippen LogP contribution in [0.2, 0.25) is 0 Å². The summed E-state index contributed by atoms with van der Waals surface area (Å²) in [4.78, 5) is 22.0. The lowest BCUT2D eigenvalue weighted by molar-refractivity contribution is 0.103. The average molecular weight is 561 g/mol. The van der Waals surface area contributed by atoms with Crippen molar-refractivity contribution < 1.29 is 9.18 Å². The molecule has 0 bridgehead atoms. The zero-order valence-electron chi connectivity index (χ0n) is 19.5. The molecule has 1 amide bonds. The molecule has 0 atom stereocenters. The smallest absolute Gasteiger partial charge is 0.265 e. The number of carbonyl (C=O) groups is 1. The van der Waals surface area contributed by atoms with E-state index in [0.717, 1.165) is 47.6 Å². The molecule has 0 unspecified atom stereocenters. The van der Waals surface area contributed by atoms with Crippen LogP contribution in [0.3, 0.4) is 0 Å². The van der Waals surface area contributed by atoms with Gasteiger partial charge in [-0.1, -0.05) is 24.3 Å². The summed E-state index contributed by atoms with van der Waals surface area (Å²) in [5.41, 5.74) is 6.04. The van der Waals surface area contributed by atoms with Crippen LogP contribution in [0.15, 0.2) is 77.3 Å². The van der Waals surface area contributed by atoms with Gasteiger partial charge in [0.1, 0.15) is 11.6 Å². The van der Waals surface area contributed by atoms with Gasteiger partial charge in [-0.05, 0) is 76.4 Å². The number of aromatic nitrogens is 2. The van der Waals surface area contributed by atoms with Crippen molar-refractivity contribution in [3.8, 4) is 11.4 Å². The van der Waals surface area contributed by atoms with Crippen molar-refractivity contribution in [2.24, 2.45) is 7.05 Å². The summed E-state index contributed by atoms with van der Waals surface area (Å²) in [6.07, 6.45) is 0.881. The van der Waals surface area contributed by atoms with E-state index in [2.05, 4.69) is 61.0 Å². The van der Waals surface area contributed by atoms with Crippen molar-refractivity contribution in [1.29, 1.82) is 0 Å². The second-order valence-electron chi connectivity index (χ2n) is 8.85. The van der Waals surface area contributed by atoms with Crippen LogP contribution < -0.4 is 10.2 Å². The lowest BCUT2D eigenvalue weighted by Crippen LogP contribution is -2.29. The first-order chi connectivity index (χ1) is 17.5. The highest BCUT2D eigenvalue weighted by Crippen LogP contribution is 2.33. The molecule has 180 valence electrons. The van der Waals surface area contributed by atoms with E-state index in [1.165, 1.54) is 27.8 Å². The van der Waals surface area contributed by atoms with Gasteiger partial charge in [0, 0.05) is 42.0 Å². The van der Waals surface area contributed by atoms with Gasteiger partial charge in [-0.3, -0.25) is 4.79 Å². The number of hydrogen-bond donors (Lipinski definition) is 1. The Labute approximate surface area is 220 Å². The van der Waals surface area contributed by atoms with E-state index in [-0.39, 0.29) is 11.7 Å². The Hall–Kier alpha value is -3.49. The van der Waals surface area contributed by atoms with Crippen molar-refractivity contribution in [2.75, 3.05) is 16.8 Å².